The van der Waals surface area contributed by atoms with Gasteiger partial charge in [-0.1, -0.05) is 46.3 Å². The first-order valence-corrected chi connectivity index (χ1v) is 10.4. The molecule has 2 heterocycles. The smallest absolute Gasteiger partial charge is 0.291 e. The predicted octanol–water partition coefficient (Wildman–Crippen LogP) is 5.67. The number of benzene rings is 2. The molecule has 1 saturated heterocycles. The van der Waals surface area contributed by atoms with Crippen LogP contribution >= 0.6 is 15.9 Å². The van der Waals surface area contributed by atoms with Gasteiger partial charge in [-0.05, 0) is 67.7 Å². The van der Waals surface area contributed by atoms with Crippen LogP contribution in [0.4, 0.5) is 5.69 Å². The van der Waals surface area contributed by atoms with Gasteiger partial charge in [0.1, 0.15) is 0 Å². The molecule has 1 aliphatic heterocycles. The van der Waals surface area contributed by atoms with Crippen molar-refractivity contribution in [2.24, 2.45) is 0 Å². The van der Waals surface area contributed by atoms with Gasteiger partial charge in [0.25, 0.3) is 5.91 Å². The maximum absolute atomic E-state index is 12.7. The molecule has 0 saturated carbocycles. The first kappa shape index (κ1) is 19.0. The molecule has 0 bridgehead atoms. The second kappa shape index (κ2) is 8.76. The van der Waals surface area contributed by atoms with Crippen LogP contribution in [-0.4, -0.2) is 23.9 Å². The minimum absolute atomic E-state index is 0.186. The summed E-state index contributed by atoms with van der Waals surface area (Å²) in [6.07, 6.45) is 3.69. The van der Waals surface area contributed by atoms with Gasteiger partial charge in [0, 0.05) is 22.3 Å². The molecule has 1 aromatic heterocycles. The fourth-order valence-corrected chi connectivity index (χ4v) is 4.05. The first-order chi connectivity index (χ1) is 13.7. The molecule has 4 rings (SSSR count). The fraction of sp³-hybridized carbons (Fsp3) is 0.261. The van der Waals surface area contributed by atoms with Crippen molar-refractivity contribution in [2.75, 3.05) is 18.4 Å². The Kier molecular flexibility index (Phi) is 5.93. The summed E-state index contributed by atoms with van der Waals surface area (Å²) in [5.41, 5.74) is 3.13. The van der Waals surface area contributed by atoms with Crippen LogP contribution in [0.3, 0.4) is 0 Å². The van der Waals surface area contributed by atoms with E-state index in [1.165, 1.54) is 5.56 Å². The van der Waals surface area contributed by atoms with E-state index in [1.807, 2.05) is 30.3 Å². The normalized spacial score (nSPS) is 15.5. The number of furan rings is 1. The van der Waals surface area contributed by atoms with Gasteiger partial charge in [0.15, 0.2) is 5.76 Å². The monoisotopic (exact) mass is 438 g/mol. The molecule has 144 valence electrons. The molecule has 1 N–H and O–H groups in total. The van der Waals surface area contributed by atoms with Crippen molar-refractivity contribution >= 4 is 27.5 Å². The van der Waals surface area contributed by atoms with Crippen molar-refractivity contribution in [3.05, 3.63) is 88.3 Å². The Morgan fingerprint density at radius 2 is 1.75 bits per heavy atom. The number of nitrogens with one attached hydrogen (secondary N) is 1. The first-order valence-electron chi connectivity index (χ1n) is 9.59. The Hall–Kier alpha value is -2.37. The van der Waals surface area contributed by atoms with Crippen LogP contribution in [0.1, 0.15) is 40.4 Å². The Morgan fingerprint density at radius 3 is 2.46 bits per heavy atom. The third kappa shape index (κ3) is 4.54. The van der Waals surface area contributed by atoms with Gasteiger partial charge in [0.05, 0.1) is 6.26 Å². The van der Waals surface area contributed by atoms with E-state index in [0.29, 0.717) is 11.7 Å². The molecule has 1 aliphatic rings. The summed E-state index contributed by atoms with van der Waals surface area (Å²) in [5.74, 6) is 0.606. The maximum atomic E-state index is 12.7. The summed E-state index contributed by atoms with van der Waals surface area (Å²) in [6.45, 7) is 3.03. The van der Waals surface area contributed by atoms with E-state index in [2.05, 4.69) is 56.5 Å². The molecule has 28 heavy (non-hydrogen) atoms. The number of nitrogens with zero attached hydrogens (tertiary/aromatic N) is 1. The van der Waals surface area contributed by atoms with E-state index in [4.69, 9.17) is 4.42 Å². The molecule has 0 unspecified atom stereocenters. The van der Waals surface area contributed by atoms with Crippen LogP contribution in [0.5, 0.6) is 0 Å². The molecule has 2 aromatic carbocycles. The van der Waals surface area contributed by atoms with E-state index in [0.717, 1.165) is 48.2 Å². The van der Waals surface area contributed by atoms with Crippen molar-refractivity contribution in [1.82, 2.24) is 4.90 Å². The number of likely N-dealkylation sites (tertiary alicyclic amines) is 1. The Labute approximate surface area is 173 Å². The average Bonchev–Trinajstić information content (AvgIpc) is 3.21. The van der Waals surface area contributed by atoms with Crippen LogP contribution in [0, 0.1) is 0 Å². The number of rotatable bonds is 5. The zero-order valence-electron chi connectivity index (χ0n) is 15.6. The fourth-order valence-electron chi connectivity index (χ4n) is 3.79. The number of amides is 1. The van der Waals surface area contributed by atoms with Gasteiger partial charge in [-0.25, -0.2) is 0 Å². The van der Waals surface area contributed by atoms with E-state index >= 15 is 0 Å². The number of carbonyl (C=O) groups is 1. The molecule has 0 radical (unpaired) electrons. The van der Waals surface area contributed by atoms with Crippen LogP contribution < -0.4 is 5.32 Å². The molecule has 0 aliphatic carbocycles. The molecular formula is C23H23BrN2O2. The van der Waals surface area contributed by atoms with Crippen LogP contribution in [0.2, 0.25) is 0 Å². The number of hydrogen-bond donors (Lipinski definition) is 1. The lowest BCUT2D eigenvalue weighted by molar-refractivity contribution is 0.0993. The van der Waals surface area contributed by atoms with Gasteiger partial charge >= 0.3 is 0 Å². The van der Waals surface area contributed by atoms with Crippen molar-refractivity contribution in [2.45, 2.75) is 25.3 Å². The molecule has 1 amide bonds. The van der Waals surface area contributed by atoms with E-state index in [1.54, 1.807) is 6.26 Å². The minimum Gasteiger partial charge on any atom is -0.459 e. The molecule has 4 nitrogen and oxygen atoms in total. The molecular weight excluding hydrogens is 416 g/mol. The average molecular weight is 439 g/mol. The second-order valence-electron chi connectivity index (χ2n) is 7.20. The lowest BCUT2D eigenvalue weighted by Gasteiger charge is -2.31. The highest BCUT2D eigenvalue weighted by molar-refractivity contribution is 9.10. The molecule has 1 fully saturated rings. The van der Waals surface area contributed by atoms with Gasteiger partial charge in [-0.15, -0.1) is 0 Å². The van der Waals surface area contributed by atoms with Gasteiger partial charge in [0.2, 0.25) is 0 Å². The van der Waals surface area contributed by atoms with Crippen LogP contribution in [-0.2, 0) is 6.54 Å². The van der Waals surface area contributed by atoms with Crippen molar-refractivity contribution in [3.63, 3.8) is 0 Å². The summed E-state index contributed by atoms with van der Waals surface area (Å²) >= 11 is 3.40. The predicted molar refractivity (Wildman–Crippen MR) is 114 cm³/mol. The summed E-state index contributed by atoms with van der Waals surface area (Å²) in [5, 5.41) is 2.93. The van der Waals surface area contributed by atoms with Crippen LogP contribution in [0.15, 0.2) is 75.8 Å². The molecule has 0 spiro atoms. The van der Waals surface area contributed by atoms with Gasteiger partial charge in [-0.2, -0.15) is 0 Å². The second-order valence-corrected chi connectivity index (χ2v) is 8.12. The summed E-state index contributed by atoms with van der Waals surface area (Å²) in [4.78, 5) is 15.2. The highest BCUT2D eigenvalue weighted by Crippen LogP contribution is 2.32. The summed E-state index contributed by atoms with van der Waals surface area (Å²) in [6, 6.07) is 20.1. The standard InChI is InChI=1S/C23H23BrN2O2/c24-19-6-8-20(9-7-19)25-23(27)22-21(12-15-28-22)18-10-13-26(14-11-18)16-17-4-2-1-3-5-17/h1-9,12,15,18H,10-11,13-14,16H2,(H,25,27). The van der Waals surface area contributed by atoms with Crippen molar-refractivity contribution in [3.8, 4) is 0 Å². The van der Waals surface area contributed by atoms with E-state index in [-0.39, 0.29) is 5.91 Å². The van der Waals surface area contributed by atoms with Gasteiger partial charge < -0.3 is 9.73 Å². The third-order valence-corrected chi connectivity index (χ3v) is 5.81. The van der Waals surface area contributed by atoms with E-state index < -0.39 is 0 Å². The number of piperidine rings is 1. The maximum Gasteiger partial charge on any atom is 0.291 e. The number of hydrogen-bond acceptors (Lipinski definition) is 3. The molecule has 3 aromatic rings. The lowest BCUT2D eigenvalue weighted by atomic mass is 9.89. The van der Waals surface area contributed by atoms with Crippen molar-refractivity contribution < 1.29 is 9.21 Å². The topological polar surface area (TPSA) is 45.5 Å². The SMILES string of the molecule is O=C(Nc1ccc(Br)cc1)c1occc1C1CCN(Cc2ccccc2)CC1. The summed E-state index contributed by atoms with van der Waals surface area (Å²) in [7, 11) is 0. The quantitative estimate of drug-likeness (QED) is 0.557. The number of carbonyl (C=O) groups excluding carboxylic acids is 1. The van der Waals surface area contributed by atoms with Crippen molar-refractivity contribution in [1.29, 1.82) is 0 Å². The Balaban J connectivity index is 1.38. The molecule has 5 heteroatoms. The number of anilines is 1. The Bertz CT molecular complexity index is 913. The highest BCUT2D eigenvalue weighted by Gasteiger charge is 2.26. The summed E-state index contributed by atoms with van der Waals surface area (Å²) < 4.78 is 6.54. The largest absolute Gasteiger partial charge is 0.459 e. The Morgan fingerprint density at radius 1 is 1.04 bits per heavy atom. The van der Waals surface area contributed by atoms with E-state index in [9.17, 15) is 4.79 Å². The zero-order chi connectivity index (χ0) is 19.3. The molecule has 0 atom stereocenters. The zero-order valence-corrected chi connectivity index (χ0v) is 17.2. The third-order valence-electron chi connectivity index (χ3n) is 5.28. The van der Waals surface area contributed by atoms with Gasteiger partial charge in [-0.3, -0.25) is 9.69 Å². The lowest BCUT2D eigenvalue weighted by Crippen LogP contribution is -2.32. The highest BCUT2D eigenvalue weighted by atomic mass is 79.9. The minimum atomic E-state index is -0.186. The number of halogens is 1. The van der Waals surface area contributed by atoms with Crippen LogP contribution in [0.25, 0.3) is 0 Å².